The number of aliphatic hydroxyl groups excluding tert-OH is 1. The molecular weight excluding hydrogens is 626 g/mol. The van der Waals surface area contributed by atoms with Gasteiger partial charge in [0.25, 0.3) is 11.8 Å². The van der Waals surface area contributed by atoms with Gasteiger partial charge < -0.3 is 40.2 Å². The summed E-state index contributed by atoms with van der Waals surface area (Å²) in [5, 5.41) is 18.5. The average molecular weight is 659 g/mol. The third-order valence-electron chi connectivity index (χ3n) is 7.81. The number of β-amino-alcohol motifs (C(OH)–C–C–N with tert-alkyl or cyclic N) is 1. The number of halogens is 3. The lowest BCUT2D eigenvalue weighted by Gasteiger charge is -2.35. The fourth-order valence-electron chi connectivity index (χ4n) is 5.21. The van der Waals surface area contributed by atoms with Gasteiger partial charge in [-0.15, -0.1) is 0 Å². The van der Waals surface area contributed by atoms with E-state index in [1.165, 1.54) is 61.4 Å². The normalized spacial score (nSPS) is 18.2. The summed E-state index contributed by atoms with van der Waals surface area (Å²) in [6.07, 6.45) is 2.02. The number of nitrogens with one attached hydrogen (secondary N) is 3. The third-order valence-corrected chi connectivity index (χ3v) is 8.13. The minimum absolute atomic E-state index is 0.0236. The van der Waals surface area contributed by atoms with Crippen LogP contribution in [-0.4, -0.2) is 114 Å². The number of aliphatic hydroxyl groups is 1. The Labute approximate surface area is 268 Å². The number of aromatic nitrogens is 2. The molecule has 2 aliphatic rings. The van der Waals surface area contributed by atoms with E-state index < -0.39 is 23.6 Å². The molecule has 0 aliphatic carbocycles. The summed E-state index contributed by atoms with van der Waals surface area (Å²) < 4.78 is 36.0. The first-order valence-electron chi connectivity index (χ1n) is 14.5. The van der Waals surface area contributed by atoms with Crippen molar-refractivity contribution in [2.75, 3.05) is 58.2 Å². The molecule has 16 heteroatoms. The molecule has 0 unspecified atom stereocenters. The standard InChI is InChI=1S/C30H33ClF2N8O5/c1-34-7-12-46-24-6-5-19(25(32)26(24)33)22-15-36-27(39(22)2)28(43)37-17-3-4-18(20(31)13-17)29(44)40-8-10-41(11-9-40)30(45)38-21-14-35-16-23(21)42/h3-7,13,15,21,23,35,42H,8-12,14,16H2,1-2H3,(H,37,43)(H,38,45)/t21-,23-/m0/s1. The number of carbonyl (C=O) groups is 3. The van der Waals surface area contributed by atoms with Crippen LogP contribution in [0.15, 0.2) is 41.5 Å². The Balaban J connectivity index is 1.20. The molecule has 2 saturated heterocycles. The second kappa shape index (κ2) is 14.2. The minimum atomic E-state index is -1.18. The highest BCUT2D eigenvalue weighted by molar-refractivity contribution is 6.34. The smallest absolute Gasteiger partial charge is 0.317 e. The van der Waals surface area contributed by atoms with Crippen LogP contribution in [0.3, 0.4) is 0 Å². The molecule has 2 aromatic carbocycles. The van der Waals surface area contributed by atoms with Gasteiger partial charge in [-0.25, -0.2) is 14.2 Å². The Hall–Kier alpha value is -4.60. The zero-order chi connectivity index (χ0) is 33.0. The van der Waals surface area contributed by atoms with Gasteiger partial charge in [0, 0.05) is 70.8 Å². The molecule has 4 N–H and O–H groups in total. The van der Waals surface area contributed by atoms with Crippen molar-refractivity contribution in [1.29, 1.82) is 0 Å². The molecule has 2 aliphatic heterocycles. The molecule has 1 aromatic heterocycles. The van der Waals surface area contributed by atoms with E-state index in [4.69, 9.17) is 16.3 Å². The molecule has 2 atom stereocenters. The first kappa shape index (κ1) is 32.8. The number of carbonyl (C=O) groups excluding carboxylic acids is 3. The van der Waals surface area contributed by atoms with Crippen molar-refractivity contribution in [3.8, 4) is 17.0 Å². The highest BCUT2D eigenvalue weighted by atomic mass is 35.5. The Morgan fingerprint density at radius 1 is 1.13 bits per heavy atom. The van der Waals surface area contributed by atoms with Crippen LogP contribution < -0.4 is 20.7 Å². The van der Waals surface area contributed by atoms with Crippen LogP contribution in [-0.2, 0) is 7.05 Å². The van der Waals surface area contributed by atoms with Crippen molar-refractivity contribution in [3.63, 3.8) is 0 Å². The van der Waals surface area contributed by atoms with Crippen molar-refractivity contribution in [3.05, 3.63) is 64.6 Å². The highest BCUT2D eigenvalue weighted by Crippen LogP contribution is 2.30. The second-order valence-electron chi connectivity index (χ2n) is 10.7. The fraction of sp³-hybridized carbons (Fsp3) is 0.367. The molecule has 0 bridgehead atoms. The quantitative estimate of drug-likeness (QED) is 0.271. The number of hydrogen-bond acceptors (Lipinski definition) is 8. The molecule has 46 heavy (non-hydrogen) atoms. The van der Waals surface area contributed by atoms with Gasteiger partial charge in [-0.1, -0.05) is 11.6 Å². The number of imidazole rings is 1. The average Bonchev–Trinajstić information content (AvgIpc) is 3.63. The number of urea groups is 1. The zero-order valence-electron chi connectivity index (χ0n) is 25.1. The van der Waals surface area contributed by atoms with Gasteiger partial charge in [-0.3, -0.25) is 14.6 Å². The summed E-state index contributed by atoms with van der Waals surface area (Å²) >= 11 is 6.44. The van der Waals surface area contributed by atoms with Gasteiger partial charge in [0.1, 0.15) is 6.61 Å². The van der Waals surface area contributed by atoms with E-state index in [1.54, 1.807) is 9.80 Å². The molecular formula is C30H33ClF2N8O5. The Morgan fingerprint density at radius 2 is 1.87 bits per heavy atom. The number of aliphatic imine (C=N–C) groups is 1. The number of amides is 4. The molecule has 13 nitrogen and oxygen atoms in total. The van der Waals surface area contributed by atoms with Crippen LogP contribution in [0.5, 0.6) is 5.75 Å². The molecule has 5 rings (SSSR count). The van der Waals surface area contributed by atoms with E-state index in [2.05, 4.69) is 25.9 Å². The van der Waals surface area contributed by atoms with Crippen molar-refractivity contribution >= 4 is 41.3 Å². The van der Waals surface area contributed by atoms with Crippen LogP contribution in [0.2, 0.25) is 5.02 Å². The first-order valence-corrected chi connectivity index (χ1v) is 14.8. The maximum absolute atomic E-state index is 14.9. The summed E-state index contributed by atoms with van der Waals surface area (Å²) in [5.74, 6) is -3.65. The second-order valence-corrected chi connectivity index (χ2v) is 11.1. The largest absolute Gasteiger partial charge is 0.485 e. The van der Waals surface area contributed by atoms with E-state index in [1.807, 2.05) is 0 Å². The number of nitrogens with zero attached hydrogens (tertiary/aromatic N) is 5. The lowest BCUT2D eigenvalue weighted by Crippen LogP contribution is -2.56. The SMILES string of the molecule is CN=CCOc1ccc(-c2cnc(C(=O)Nc3ccc(C(=O)N4CCN(C(=O)N[C@H]5CNC[C@@H]5O)CC4)c(Cl)c3)n2C)c(F)c1F. The molecule has 2 fully saturated rings. The van der Waals surface area contributed by atoms with E-state index in [9.17, 15) is 28.3 Å². The Morgan fingerprint density at radius 3 is 2.54 bits per heavy atom. The van der Waals surface area contributed by atoms with Crippen LogP contribution in [0.25, 0.3) is 11.3 Å². The Bertz CT molecular complexity index is 1660. The molecule has 244 valence electrons. The van der Waals surface area contributed by atoms with Crippen LogP contribution in [0.1, 0.15) is 21.0 Å². The summed E-state index contributed by atoms with van der Waals surface area (Å²) in [5.41, 5.74) is 0.563. The number of benzene rings is 2. The van der Waals surface area contributed by atoms with Crippen LogP contribution in [0.4, 0.5) is 19.3 Å². The lowest BCUT2D eigenvalue weighted by molar-refractivity contribution is 0.0660. The summed E-state index contributed by atoms with van der Waals surface area (Å²) in [4.78, 5) is 49.8. The van der Waals surface area contributed by atoms with Crippen molar-refractivity contribution < 1.29 is 33.0 Å². The maximum atomic E-state index is 14.9. The molecule has 0 radical (unpaired) electrons. The number of rotatable bonds is 8. The van der Waals surface area contributed by atoms with Gasteiger partial charge in [0.05, 0.1) is 34.6 Å². The van der Waals surface area contributed by atoms with Gasteiger partial charge >= 0.3 is 6.03 Å². The molecule has 3 heterocycles. The van der Waals surface area contributed by atoms with Gasteiger partial charge in [0.15, 0.2) is 17.4 Å². The van der Waals surface area contributed by atoms with Crippen molar-refractivity contribution in [1.82, 2.24) is 30.0 Å². The molecule has 4 amide bonds. The number of anilines is 1. The van der Waals surface area contributed by atoms with Crippen molar-refractivity contribution in [2.45, 2.75) is 12.1 Å². The Kier molecular flexibility index (Phi) is 10.1. The number of piperazine rings is 1. The monoisotopic (exact) mass is 658 g/mol. The van der Waals surface area contributed by atoms with Crippen molar-refractivity contribution in [2.24, 2.45) is 12.0 Å². The van der Waals surface area contributed by atoms with Gasteiger partial charge in [-0.2, -0.15) is 4.39 Å². The topological polar surface area (TPSA) is 153 Å². The number of hydrogen-bond donors (Lipinski definition) is 4. The van der Waals surface area contributed by atoms with Crippen LogP contribution >= 0.6 is 11.6 Å². The van der Waals surface area contributed by atoms with Gasteiger partial charge in [-0.05, 0) is 30.3 Å². The molecule has 3 aromatic rings. The highest BCUT2D eigenvalue weighted by Gasteiger charge is 2.31. The summed E-state index contributed by atoms with van der Waals surface area (Å²) in [6, 6.07) is 6.40. The van der Waals surface area contributed by atoms with E-state index in [0.717, 1.165) is 0 Å². The maximum Gasteiger partial charge on any atom is 0.317 e. The first-order chi connectivity index (χ1) is 22.1. The predicted octanol–water partition coefficient (Wildman–Crippen LogP) is 2.15. The fourth-order valence-corrected chi connectivity index (χ4v) is 5.47. The summed E-state index contributed by atoms with van der Waals surface area (Å²) in [6.45, 7) is 2.10. The summed E-state index contributed by atoms with van der Waals surface area (Å²) in [7, 11) is 3.02. The lowest BCUT2D eigenvalue weighted by atomic mass is 10.1. The predicted molar refractivity (Wildman–Crippen MR) is 167 cm³/mol. The molecule has 0 saturated carbocycles. The van der Waals surface area contributed by atoms with E-state index >= 15 is 0 Å². The van der Waals surface area contributed by atoms with E-state index in [-0.39, 0.29) is 63.7 Å². The minimum Gasteiger partial charge on any atom is -0.485 e. The van der Waals surface area contributed by atoms with Crippen LogP contribution in [0, 0.1) is 11.6 Å². The molecule has 0 spiro atoms. The third kappa shape index (κ3) is 6.95. The zero-order valence-corrected chi connectivity index (χ0v) is 25.9. The van der Waals surface area contributed by atoms with E-state index in [0.29, 0.717) is 39.3 Å². The van der Waals surface area contributed by atoms with Gasteiger partial charge in [0.2, 0.25) is 5.82 Å². The number of ether oxygens (including phenoxy) is 1.